The molecule has 66 heavy (non-hydrogen) atoms. The van der Waals surface area contributed by atoms with Gasteiger partial charge in [-0.05, 0) is 77.0 Å². The number of hydrogen-bond donors (Lipinski definition) is 3. The van der Waals surface area contributed by atoms with E-state index in [0.717, 1.165) is 83.5 Å². The molecule has 0 aliphatic rings. The number of aliphatic hydroxyl groups excluding tert-OH is 2. The minimum Gasteiger partial charge on any atom is -0.462 e. The highest BCUT2D eigenvalue weighted by molar-refractivity contribution is 5.77. The van der Waals surface area contributed by atoms with Gasteiger partial charge in [-0.3, -0.25) is 9.59 Å². The molecule has 6 heteroatoms. The molecule has 0 heterocycles. The highest BCUT2D eigenvalue weighted by Gasteiger charge is 2.24. The molecule has 0 aliphatic carbocycles. The number of carbonyl (C=O) groups excluding carboxylic acids is 2. The van der Waals surface area contributed by atoms with Gasteiger partial charge < -0.3 is 20.3 Å². The van der Waals surface area contributed by atoms with Crippen LogP contribution in [0.4, 0.5) is 0 Å². The summed E-state index contributed by atoms with van der Waals surface area (Å²) < 4.78 is 5.93. The molecular formula is C60H105NO5. The highest BCUT2D eigenvalue weighted by Crippen LogP contribution is 2.18. The van der Waals surface area contributed by atoms with Crippen LogP contribution in [0.2, 0.25) is 0 Å². The highest BCUT2D eigenvalue weighted by atomic mass is 16.5. The van der Waals surface area contributed by atoms with Crippen molar-refractivity contribution in [3.05, 3.63) is 85.1 Å². The zero-order valence-corrected chi connectivity index (χ0v) is 43.3. The van der Waals surface area contributed by atoms with Crippen molar-refractivity contribution in [3.63, 3.8) is 0 Å². The standard InChI is InChI=1S/C60H105NO5/c1-4-7-10-13-16-19-22-25-28-30-32-35-38-41-44-47-50-53-60(65)66-56(51-48-45-42-39-36-33-31-29-26-23-20-17-14-11-8-5-2)54-59(64)61-57(55-62)58(63)52-49-46-43-40-37-34-27-24-21-18-15-12-9-6-3/h11,14,16-17,19-20,23,25-26,28-29,31,33,36,56-58,62-63H,4-10,12-13,15,18,21-22,24,27,30,32,34-35,37-55H2,1-3H3,(H,61,64)/b14-11+,19-16-,20-17+,26-23+,28-25-,31-29+,36-33+. The minimum absolute atomic E-state index is 0.0428. The van der Waals surface area contributed by atoms with Crippen LogP contribution in [0, 0.1) is 0 Å². The summed E-state index contributed by atoms with van der Waals surface area (Å²) in [7, 11) is 0. The van der Waals surface area contributed by atoms with Crippen LogP contribution in [-0.4, -0.2) is 46.9 Å². The first kappa shape index (κ1) is 63.0. The van der Waals surface area contributed by atoms with Crippen LogP contribution in [0.1, 0.15) is 258 Å². The molecule has 0 bridgehead atoms. The summed E-state index contributed by atoms with van der Waals surface area (Å²) in [4.78, 5) is 26.2. The fourth-order valence-electron chi connectivity index (χ4n) is 8.08. The quantitative estimate of drug-likeness (QED) is 0.0245. The van der Waals surface area contributed by atoms with Crippen molar-refractivity contribution in [2.75, 3.05) is 6.61 Å². The molecule has 3 unspecified atom stereocenters. The Bertz CT molecular complexity index is 1260. The smallest absolute Gasteiger partial charge is 0.306 e. The Morgan fingerprint density at radius 2 is 0.864 bits per heavy atom. The number of allylic oxidation sites excluding steroid dienone is 14. The van der Waals surface area contributed by atoms with Crippen LogP contribution < -0.4 is 5.32 Å². The second-order valence-electron chi connectivity index (χ2n) is 18.8. The monoisotopic (exact) mass is 920 g/mol. The summed E-state index contributed by atoms with van der Waals surface area (Å²) >= 11 is 0. The number of carbonyl (C=O) groups is 2. The van der Waals surface area contributed by atoms with Gasteiger partial charge in [0.2, 0.25) is 5.91 Å². The third-order valence-corrected chi connectivity index (χ3v) is 12.3. The Balaban J connectivity index is 4.68. The molecule has 3 N–H and O–H groups in total. The van der Waals surface area contributed by atoms with E-state index >= 15 is 0 Å². The van der Waals surface area contributed by atoms with Crippen LogP contribution >= 0.6 is 0 Å². The van der Waals surface area contributed by atoms with E-state index < -0.39 is 18.2 Å². The van der Waals surface area contributed by atoms with Crippen molar-refractivity contribution in [2.24, 2.45) is 0 Å². The van der Waals surface area contributed by atoms with Crippen molar-refractivity contribution in [1.29, 1.82) is 0 Å². The number of nitrogens with one attached hydrogen (secondary N) is 1. The van der Waals surface area contributed by atoms with E-state index in [-0.39, 0.29) is 24.9 Å². The number of hydrogen-bond acceptors (Lipinski definition) is 5. The summed E-state index contributed by atoms with van der Waals surface area (Å²) in [6.07, 6.45) is 69.2. The zero-order chi connectivity index (χ0) is 48.1. The Morgan fingerprint density at radius 3 is 1.39 bits per heavy atom. The number of amides is 1. The molecule has 0 aromatic heterocycles. The molecule has 6 nitrogen and oxygen atoms in total. The molecule has 0 saturated carbocycles. The topological polar surface area (TPSA) is 95.9 Å². The summed E-state index contributed by atoms with van der Waals surface area (Å²) in [5, 5.41) is 23.8. The number of ether oxygens (including phenoxy) is 1. The van der Waals surface area contributed by atoms with Crippen molar-refractivity contribution >= 4 is 11.9 Å². The first-order valence-corrected chi connectivity index (χ1v) is 27.9. The van der Waals surface area contributed by atoms with Crippen LogP contribution in [0.5, 0.6) is 0 Å². The SMILES string of the molecule is CCC/C=C/C=C/C=C/C=C/C=C/CCCCCC(CC(=O)NC(CO)C(O)CCCCCCCCCCCCCCCC)OC(=O)CCCCCCCCC/C=C\C/C=C\CCCCC. The molecule has 3 atom stereocenters. The predicted octanol–water partition coefficient (Wildman–Crippen LogP) is 17.1. The van der Waals surface area contributed by atoms with Gasteiger partial charge in [0.1, 0.15) is 6.10 Å². The van der Waals surface area contributed by atoms with Gasteiger partial charge in [0.05, 0.1) is 25.2 Å². The number of unbranched alkanes of at least 4 members (excludes halogenated alkanes) is 27. The lowest BCUT2D eigenvalue weighted by molar-refractivity contribution is -0.151. The van der Waals surface area contributed by atoms with Gasteiger partial charge in [0.25, 0.3) is 0 Å². The molecule has 0 spiro atoms. The fraction of sp³-hybridized carbons (Fsp3) is 0.733. The Labute approximate surface area is 408 Å². The fourth-order valence-corrected chi connectivity index (χ4v) is 8.08. The lowest BCUT2D eigenvalue weighted by Gasteiger charge is -2.24. The van der Waals surface area contributed by atoms with Crippen LogP contribution in [-0.2, 0) is 14.3 Å². The summed E-state index contributed by atoms with van der Waals surface area (Å²) in [5.74, 6) is -0.525. The second kappa shape index (κ2) is 53.0. The van der Waals surface area contributed by atoms with Crippen molar-refractivity contribution in [2.45, 2.75) is 277 Å². The molecule has 0 radical (unpaired) electrons. The molecule has 0 saturated heterocycles. The first-order valence-electron chi connectivity index (χ1n) is 27.9. The van der Waals surface area contributed by atoms with Gasteiger partial charge >= 0.3 is 5.97 Å². The predicted molar refractivity (Wildman–Crippen MR) is 287 cm³/mol. The summed E-state index contributed by atoms with van der Waals surface area (Å²) in [5.41, 5.74) is 0. The summed E-state index contributed by atoms with van der Waals surface area (Å²) in [6, 6.07) is -0.722. The third kappa shape index (κ3) is 47.5. The Morgan fingerprint density at radius 1 is 0.455 bits per heavy atom. The molecule has 0 aromatic carbocycles. The molecule has 0 aromatic rings. The normalized spacial score (nSPS) is 13.8. The maximum absolute atomic E-state index is 13.3. The average molecular weight is 921 g/mol. The van der Waals surface area contributed by atoms with E-state index in [9.17, 15) is 19.8 Å². The van der Waals surface area contributed by atoms with Crippen LogP contribution in [0.3, 0.4) is 0 Å². The summed E-state index contributed by atoms with van der Waals surface area (Å²) in [6.45, 7) is 6.37. The van der Waals surface area contributed by atoms with Gasteiger partial charge in [-0.2, -0.15) is 0 Å². The lowest BCUT2D eigenvalue weighted by Crippen LogP contribution is -2.46. The van der Waals surface area contributed by atoms with Gasteiger partial charge in [0.15, 0.2) is 0 Å². The van der Waals surface area contributed by atoms with E-state index in [1.54, 1.807) is 0 Å². The number of esters is 1. The molecule has 0 aliphatic heterocycles. The van der Waals surface area contributed by atoms with Crippen LogP contribution in [0.25, 0.3) is 0 Å². The zero-order valence-electron chi connectivity index (χ0n) is 43.3. The second-order valence-corrected chi connectivity index (χ2v) is 18.8. The van der Waals surface area contributed by atoms with Gasteiger partial charge in [-0.25, -0.2) is 0 Å². The molecule has 0 rings (SSSR count). The first-order chi connectivity index (χ1) is 32.5. The Hall–Kier alpha value is -2.96. The molecular weight excluding hydrogens is 815 g/mol. The van der Waals surface area contributed by atoms with Crippen molar-refractivity contribution in [3.8, 4) is 0 Å². The van der Waals surface area contributed by atoms with Crippen LogP contribution in [0.15, 0.2) is 85.1 Å². The van der Waals surface area contributed by atoms with Gasteiger partial charge in [0, 0.05) is 6.42 Å². The maximum Gasteiger partial charge on any atom is 0.306 e. The molecule has 0 fully saturated rings. The largest absolute Gasteiger partial charge is 0.462 e. The molecule has 1 amide bonds. The van der Waals surface area contributed by atoms with E-state index in [4.69, 9.17) is 4.74 Å². The van der Waals surface area contributed by atoms with Gasteiger partial charge in [-0.1, -0.05) is 254 Å². The number of rotatable bonds is 49. The number of aliphatic hydroxyl groups is 2. The maximum atomic E-state index is 13.3. The van der Waals surface area contributed by atoms with Crippen molar-refractivity contribution in [1.82, 2.24) is 5.32 Å². The minimum atomic E-state index is -0.806. The van der Waals surface area contributed by atoms with E-state index in [0.29, 0.717) is 19.3 Å². The molecule has 380 valence electrons. The van der Waals surface area contributed by atoms with E-state index in [2.05, 4.69) is 74.7 Å². The average Bonchev–Trinajstić information content (AvgIpc) is 3.31. The van der Waals surface area contributed by atoms with Crippen molar-refractivity contribution < 1.29 is 24.5 Å². The van der Waals surface area contributed by atoms with E-state index in [1.807, 2.05) is 36.5 Å². The van der Waals surface area contributed by atoms with E-state index in [1.165, 1.54) is 128 Å². The Kier molecular flexibility index (Phi) is 50.6. The third-order valence-electron chi connectivity index (χ3n) is 12.3. The lowest BCUT2D eigenvalue weighted by atomic mass is 10.0. The van der Waals surface area contributed by atoms with Gasteiger partial charge in [-0.15, -0.1) is 0 Å².